The van der Waals surface area contributed by atoms with Gasteiger partial charge in [-0.2, -0.15) is 0 Å². The first-order valence-electron chi connectivity index (χ1n) is 5.16. The fourth-order valence-corrected chi connectivity index (χ4v) is 2.93. The molecule has 2 aromatic rings. The van der Waals surface area contributed by atoms with Gasteiger partial charge in [0, 0.05) is 0 Å². The fraction of sp³-hybridized carbons (Fsp3) is 0. The highest BCUT2D eigenvalue weighted by molar-refractivity contribution is 7.61. The van der Waals surface area contributed by atoms with Gasteiger partial charge in [0.25, 0.3) is 0 Å². The summed E-state index contributed by atoms with van der Waals surface area (Å²) in [6.45, 7) is 0. The molecule has 0 saturated heterocycles. The maximum atomic E-state index is 13.4. The van der Waals surface area contributed by atoms with Crippen LogP contribution in [-0.4, -0.2) is 0 Å². The number of benzene rings is 2. The van der Waals surface area contributed by atoms with Crippen LogP contribution in [0, 0.1) is 34.9 Å². The van der Waals surface area contributed by atoms with Gasteiger partial charge in [0.15, 0.2) is 34.9 Å². The molecule has 0 unspecified atom stereocenters. The Balaban J connectivity index is 2.58. The number of rotatable bonds is 2. The minimum Gasteiger partial charge on any atom is -0.317 e. The lowest BCUT2D eigenvalue weighted by Gasteiger charge is -2.07. The van der Waals surface area contributed by atoms with Crippen LogP contribution in [0.15, 0.2) is 24.3 Å². The quantitative estimate of drug-likeness (QED) is 0.473. The summed E-state index contributed by atoms with van der Waals surface area (Å²) in [5, 5.41) is -1.61. The van der Waals surface area contributed by atoms with Crippen LogP contribution in [0.2, 0.25) is 0 Å². The van der Waals surface area contributed by atoms with E-state index in [1.807, 2.05) is 0 Å². The molecule has 2 aromatic carbocycles. The molecule has 0 aliphatic heterocycles. The molecule has 1 nitrogen and oxygen atoms in total. The molecule has 0 atom stereocenters. The van der Waals surface area contributed by atoms with Crippen molar-refractivity contribution in [2.75, 3.05) is 0 Å². The summed E-state index contributed by atoms with van der Waals surface area (Å²) in [5.74, 6) is -10.3. The lowest BCUT2D eigenvalue weighted by molar-refractivity contribution is 0.449. The third-order valence-corrected chi connectivity index (χ3v) is 4.31. The molecular weight excluding hydrogens is 305 g/mol. The van der Waals surface area contributed by atoms with Gasteiger partial charge in [-0.1, -0.05) is 0 Å². The van der Waals surface area contributed by atoms with Crippen LogP contribution < -0.4 is 10.6 Å². The lowest BCUT2D eigenvalue weighted by atomic mass is 10.3. The predicted molar refractivity (Wildman–Crippen MR) is 60.9 cm³/mol. The monoisotopic (exact) mass is 310 g/mol. The summed E-state index contributed by atoms with van der Waals surface area (Å²) in [6.07, 6.45) is 0. The average Bonchev–Trinajstić information content (AvgIpc) is 2.42. The van der Waals surface area contributed by atoms with Crippen molar-refractivity contribution >= 4 is 18.4 Å². The van der Waals surface area contributed by atoms with E-state index < -0.39 is 53.3 Å². The third kappa shape index (κ3) is 2.33. The molecule has 0 bridgehead atoms. The molecular formula is C12H5F6OP. The van der Waals surface area contributed by atoms with Crippen molar-refractivity contribution in [1.82, 2.24) is 0 Å². The van der Waals surface area contributed by atoms with Gasteiger partial charge in [0.1, 0.15) is 7.80 Å². The molecule has 0 radical (unpaired) electrons. The first kappa shape index (κ1) is 14.7. The van der Waals surface area contributed by atoms with Crippen LogP contribution in [0.25, 0.3) is 0 Å². The summed E-state index contributed by atoms with van der Waals surface area (Å²) >= 11 is 0. The minimum atomic E-state index is -3.50. The molecule has 0 aliphatic rings. The minimum absolute atomic E-state index is 0.508. The Hall–Kier alpha value is -1.75. The van der Waals surface area contributed by atoms with Gasteiger partial charge in [0.2, 0.25) is 0 Å². The van der Waals surface area contributed by atoms with Gasteiger partial charge >= 0.3 is 0 Å². The van der Waals surface area contributed by atoms with Gasteiger partial charge < -0.3 is 4.57 Å². The number of halogens is 6. The Morgan fingerprint density at radius 1 is 0.600 bits per heavy atom. The molecule has 0 heterocycles. The maximum absolute atomic E-state index is 13.4. The standard InChI is InChI=1S/C12H5F6OP/c13-5-1-3-7(11(17)9(5)15)20(19)8-4-2-6(14)10(16)12(8)18/h1-4,20H. The highest BCUT2D eigenvalue weighted by Gasteiger charge is 2.23. The van der Waals surface area contributed by atoms with Crippen molar-refractivity contribution in [2.45, 2.75) is 0 Å². The second kappa shape index (κ2) is 5.32. The molecule has 0 fully saturated rings. The van der Waals surface area contributed by atoms with Gasteiger partial charge in [-0.25, -0.2) is 26.3 Å². The van der Waals surface area contributed by atoms with E-state index in [1.165, 1.54) is 0 Å². The van der Waals surface area contributed by atoms with Crippen molar-refractivity contribution in [3.63, 3.8) is 0 Å². The van der Waals surface area contributed by atoms with E-state index >= 15 is 0 Å². The van der Waals surface area contributed by atoms with Crippen LogP contribution in [-0.2, 0) is 4.57 Å². The number of hydrogen-bond donors (Lipinski definition) is 0. The Morgan fingerprint density at radius 2 is 0.950 bits per heavy atom. The van der Waals surface area contributed by atoms with E-state index in [0.717, 1.165) is 0 Å². The Labute approximate surface area is 109 Å². The average molecular weight is 310 g/mol. The highest BCUT2D eigenvalue weighted by atomic mass is 31.1. The van der Waals surface area contributed by atoms with Crippen LogP contribution in [0.1, 0.15) is 0 Å². The smallest absolute Gasteiger partial charge is 0.195 e. The van der Waals surface area contributed by atoms with E-state index in [9.17, 15) is 30.9 Å². The fourth-order valence-electron chi connectivity index (χ4n) is 1.55. The van der Waals surface area contributed by atoms with Gasteiger partial charge in [-0.05, 0) is 24.3 Å². The highest BCUT2D eigenvalue weighted by Crippen LogP contribution is 2.26. The van der Waals surface area contributed by atoms with E-state index in [-0.39, 0.29) is 0 Å². The van der Waals surface area contributed by atoms with Crippen molar-refractivity contribution in [3.05, 3.63) is 59.2 Å². The second-order valence-corrected chi connectivity index (χ2v) is 5.51. The molecule has 0 aliphatic carbocycles. The van der Waals surface area contributed by atoms with E-state index in [0.29, 0.717) is 24.3 Å². The zero-order valence-electron chi connectivity index (χ0n) is 9.49. The first-order valence-corrected chi connectivity index (χ1v) is 6.57. The van der Waals surface area contributed by atoms with E-state index in [4.69, 9.17) is 0 Å². The molecule has 0 saturated carbocycles. The molecule has 0 N–H and O–H groups in total. The van der Waals surface area contributed by atoms with Crippen molar-refractivity contribution in [1.29, 1.82) is 0 Å². The summed E-state index contributed by atoms with van der Waals surface area (Å²) in [4.78, 5) is 0. The first-order chi connectivity index (χ1) is 9.34. The molecule has 0 amide bonds. The van der Waals surface area contributed by atoms with Gasteiger partial charge in [0.05, 0.1) is 10.6 Å². The Bertz CT molecular complexity index is 656. The zero-order chi connectivity index (χ0) is 15.0. The van der Waals surface area contributed by atoms with Crippen molar-refractivity contribution in [3.8, 4) is 0 Å². The van der Waals surface area contributed by atoms with E-state index in [1.54, 1.807) is 0 Å². The molecule has 106 valence electrons. The SMILES string of the molecule is O=[PH](c1ccc(F)c(F)c1F)c1ccc(F)c(F)c1F. The third-order valence-electron chi connectivity index (χ3n) is 2.56. The predicted octanol–water partition coefficient (Wildman–Crippen LogP) is 3.03. The van der Waals surface area contributed by atoms with Gasteiger partial charge in [-0.3, -0.25) is 0 Å². The maximum Gasteiger partial charge on any atom is 0.195 e. The summed E-state index contributed by atoms with van der Waals surface area (Å²) in [7, 11) is -3.50. The normalized spacial score (nSPS) is 11.2. The molecule has 2 rings (SSSR count). The number of hydrogen-bond acceptors (Lipinski definition) is 1. The van der Waals surface area contributed by atoms with E-state index in [2.05, 4.69) is 0 Å². The van der Waals surface area contributed by atoms with Crippen molar-refractivity contribution < 1.29 is 30.9 Å². The topological polar surface area (TPSA) is 17.1 Å². The molecule has 8 heteroatoms. The summed E-state index contributed by atoms with van der Waals surface area (Å²) in [5.41, 5.74) is 0. The molecule has 20 heavy (non-hydrogen) atoms. The molecule has 0 aromatic heterocycles. The Kier molecular flexibility index (Phi) is 3.90. The van der Waals surface area contributed by atoms with Crippen LogP contribution >= 0.6 is 7.80 Å². The van der Waals surface area contributed by atoms with Crippen LogP contribution in [0.5, 0.6) is 0 Å². The lowest BCUT2D eigenvalue weighted by Crippen LogP contribution is -2.17. The molecule has 0 spiro atoms. The Morgan fingerprint density at radius 3 is 1.30 bits per heavy atom. The van der Waals surface area contributed by atoms with Gasteiger partial charge in [-0.15, -0.1) is 0 Å². The van der Waals surface area contributed by atoms with Crippen molar-refractivity contribution in [2.24, 2.45) is 0 Å². The largest absolute Gasteiger partial charge is 0.317 e. The summed E-state index contributed by atoms with van der Waals surface area (Å²) < 4.78 is 90.3. The van der Waals surface area contributed by atoms with Crippen LogP contribution in [0.4, 0.5) is 26.3 Å². The second-order valence-electron chi connectivity index (χ2n) is 3.77. The van der Waals surface area contributed by atoms with Crippen LogP contribution in [0.3, 0.4) is 0 Å². The zero-order valence-corrected chi connectivity index (χ0v) is 10.5. The summed E-state index contributed by atoms with van der Waals surface area (Å²) in [6, 6.07) is 2.34.